The largest absolute Gasteiger partial charge is 0.377 e. The number of hydrogen-bond acceptors (Lipinski definition) is 3. The number of hydrogen-bond donors (Lipinski definition) is 1. The number of aryl methyl sites for hydroxylation is 2. The Hall–Kier alpha value is -2.86. The van der Waals surface area contributed by atoms with Gasteiger partial charge in [0, 0.05) is 41.2 Å². The Morgan fingerprint density at radius 1 is 1.07 bits per heavy atom. The van der Waals surface area contributed by atoms with E-state index < -0.39 is 0 Å². The van der Waals surface area contributed by atoms with E-state index in [-0.39, 0.29) is 5.91 Å². The minimum atomic E-state index is -0.246. The third-order valence-electron chi connectivity index (χ3n) is 4.47. The lowest BCUT2D eigenvalue weighted by atomic mass is 10.2. The Labute approximate surface area is 173 Å². The molecule has 0 radical (unpaired) electrons. The predicted molar refractivity (Wildman–Crippen MR) is 119 cm³/mol. The lowest BCUT2D eigenvalue weighted by Gasteiger charge is -2.14. The molecule has 6 heteroatoms. The number of anilines is 1. The zero-order valence-electron chi connectivity index (χ0n) is 16.4. The maximum atomic E-state index is 12.5. The Morgan fingerprint density at radius 2 is 1.79 bits per heavy atom. The van der Waals surface area contributed by atoms with E-state index >= 15 is 0 Å². The molecule has 1 aromatic heterocycles. The minimum Gasteiger partial charge on any atom is -0.377 e. The van der Waals surface area contributed by atoms with E-state index in [0.29, 0.717) is 5.56 Å². The number of rotatable bonds is 5. The lowest BCUT2D eigenvalue weighted by Crippen LogP contribution is -2.18. The Bertz CT molecular complexity index is 1020. The second-order valence-electron chi connectivity index (χ2n) is 6.81. The molecule has 3 aromatic rings. The summed E-state index contributed by atoms with van der Waals surface area (Å²) in [6.45, 7) is 4.09. The van der Waals surface area contributed by atoms with E-state index in [0.717, 1.165) is 32.8 Å². The van der Waals surface area contributed by atoms with Crippen LogP contribution in [-0.4, -0.2) is 30.8 Å². The van der Waals surface area contributed by atoms with Crippen LogP contribution in [0.3, 0.4) is 0 Å². The van der Waals surface area contributed by atoms with Crippen LogP contribution in [0, 0.1) is 13.8 Å². The second-order valence-corrected chi connectivity index (χ2v) is 7.66. The van der Waals surface area contributed by atoms with Crippen LogP contribution in [0.2, 0.25) is 0 Å². The zero-order valence-corrected chi connectivity index (χ0v) is 18.0. The molecule has 0 atom stereocenters. The number of nitrogens with zero attached hydrogens (tertiary/aromatic N) is 3. The molecule has 0 saturated heterocycles. The van der Waals surface area contributed by atoms with E-state index in [9.17, 15) is 4.79 Å². The molecule has 0 fully saturated rings. The fourth-order valence-corrected chi connectivity index (χ4v) is 3.81. The predicted octanol–water partition coefficient (Wildman–Crippen LogP) is 4.69. The highest BCUT2D eigenvalue weighted by Gasteiger charge is 2.09. The van der Waals surface area contributed by atoms with Crippen molar-refractivity contribution in [2.45, 2.75) is 13.8 Å². The summed E-state index contributed by atoms with van der Waals surface area (Å²) in [6.07, 6.45) is 1.63. The van der Waals surface area contributed by atoms with Crippen molar-refractivity contribution in [2.75, 3.05) is 19.0 Å². The van der Waals surface area contributed by atoms with Crippen molar-refractivity contribution in [1.29, 1.82) is 0 Å². The molecule has 0 aliphatic carbocycles. The van der Waals surface area contributed by atoms with Gasteiger partial charge in [0.2, 0.25) is 0 Å². The summed E-state index contributed by atoms with van der Waals surface area (Å²) in [5.41, 5.74) is 8.34. The van der Waals surface area contributed by atoms with Gasteiger partial charge in [-0.1, -0.05) is 12.1 Å². The third-order valence-corrected chi connectivity index (χ3v) is 5.11. The number of hydrazone groups is 1. The monoisotopic (exact) mass is 438 g/mol. The van der Waals surface area contributed by atoms with E-state index in [4.69, 9.17) is 0 Å². The normalized spacial score (nSPS) is 11.0. The molecular weight excluding hydrogens is 416 g/mol. The quantitative estimate of drug-likeness (QED) is 0.464. The molecule has 144 valence electrons. The Balaban J connectivity index is 1.73. The molecule has 0 unspecified atom stereocenters. The zero-order chi connectivity index (χ0) is 20.3. The number of amides is 1. The lowest BCUT2D eigenvalue weighted by molar-refractivity contribution is 0.0955. The number of aromatic nitrogens is 1. The summed E-state index contributed by atoms with van der Waals surface area (Å²) in [5.74, 6) is -0.246. The molecule has 0 aliphatic rings. The van der Waals surface area contributed by atoms with Gasteiger partial charge in [0.05, 0.1) is 11.9 Å². The van der Waals surface area contributed by atoms with Crippen LogP contribution >= 0.6 is 15.9 Å². The molecule has 1 N–H and O–H groups in total. The van der Waals surface area contributed by atoms with Crippen LogP contribution < -0.4 is 10.3 Å². The SMILES string of the molecule is Cc1ccc(C)n1-c1cccc(C(=O)N/N=C/c2ccc(N(C)C)c(Br)c2)c1. The van der Waals surface area contributed by atoms with Crippen LogP contribution in [0.4, 0.5) is 5.69 Å². The van der Waals surface area contributed by atoms with Crippen molar-refractivity contribution in [1.82, 2.24) is 9.99 Å². The van der Waals surface area contributed by atoms with Gasteiger partial charge in [-0.25, -0.2) is 5.43 Å². The highest BCUT2D eigenvalue weighted by atomic mass is 79.9. The molecule has 3 rings (SSSR count). The first kappa shape index (κ1) is 19.9. The third kappa shape index (κ3) is 4.34. The molecule has 28 heavy (non-hydrogen) atoms. The van der Waals surface area contributed by atoms with Gasteiger partial charge in [-0.3, -0.25) is 4.79 Å². The summed E-state index contributed by atoms with van der Waals surface area (Å²) in [6, 6.07) is 17.6. The minimum absolute atomic E-state index is 0.246. The Kier molecular flexibility index (Phi) is 5.99. The van der Waals surface area contributed by atoms with Gasteiger partial charge >= 0.3 is 0 Å². The molecule has 1 amide bonds. The van der Waals surface area contributed by atoms with E-state index in [1.54, 1.807) is 12.3 Å². The Morgan fingerprint density at radius 3 is 2.43 bits per heavy atom. The van der Waals surface area contributed by atoms with E-state index in [1.807, 2.05) is 69.2 Å². The van der Waals surface area contributed by atoms with E-state index in [2.05, 4.69) is 43.2 Å². The van der Waals surface area contributed by atoms with Gasteiger partial charge in [-0.2, -0.15) is 5.10 Å². The summed E-state index contributed by atoms with van der Waals surface area (Å²) in [5, 5.41) is 4.10. The first-order valence-corrected chi connectivity index (χ1v) is 9.72. The topological polar surface area (TPSA) is 49.6 Å². The van der Waals surface area contributed by atoms with Gasteiger partial charge in [-0.05, 0) is 77.8 Å². The first-order chi connectivity index (χ1) is 13.4. The number of halogens is 1. The van der Waals surface area contributed by atoms with E-state index in [1.165, 1.54) is 0 Å². The standard InChI is InChI=1S/C22H23BrN4O/c1-15-8-9-16(2)27(15)19-7-5-6-18(13-19)22(28)25-24-14-17-10-11-21(26(3)4)20(23)12-17/h5-14H,1-4H3,(H,25,28)/b24-14+. The summed E-state index contributed by atoms with van der Waals surface area (Å²) >= 11 is 3.55. The second kappa shape index (κ2) is 8.44. The molecule has 2 aromatic carbocycles. The molecule has 1 heterocycles. The smallest absolute Gasteiger partial charge is 0.271 e. The van der Waals surface area contributed by atoms with Crippen molar-refractivity contribution in [3.63, 3.8) is 0 Å². The highest BCUT2D eigenvalue weighted by Crippen LogP contribution is 2.25. The van der Waals surface area contributed by atoms with Crippen LogP contribution in [0.1, 0.15) is 27.3 Å². The summed E-state index contributed by atoms with van der Waals surface area (Å²) in [7, 11) is 3.97. The van der Waals surface area contributed by atoms with Crippen LogP contribution in [0.25, 0.3) is 5.69 Å². The molecule has 0 saturated carbocycles. The van der Waals surface area contributed by atoms with Gasteiger partial charge in [0.1, 0.15) is 0 Å². The number of carbonyl (C=O) groups is 1. The van der Waals surface area contributed by atoms with Gasteiger partial charge in [-0.15, -0.1) is 0 Å². The molecule has 0 aliphatic heterocycles. The van der Waals surface area contributed by atoms with Crippen LogP contribution in [-0.2, 0) is 0 Å². The van der Waals surface area contributed by atoms with Crippen molar-refractivity contribution in [3.05, 3.63) is 81.6 Å². The highest BCUT2D eigenvalue weighted by molar-refractivity contribution is 9.10. The fraction of sp³-hybridized carbons (Fsp3) is 0.182. The van der Waals surface area contributed by atoms with Crippen molar-refractivity contribution < 1.29 is 4.79 Å². The number of nitrogens with one attached hydrogen (secondary N) is 1. The fourth-order valence-electron chi connectivity index (χ4n) is 3.06. The molecular formula is C22H23BrN4O. The van der Waals surface area contributed by atoms with Crippen LogP contribution in [0.5, 0.6) is 0 Å². The van der Waals surface area contributed by atoms with Crippen molar-refractivity contribution >= 4 is 33.7 Å². The summed E-state index contributed by atoms with van der Waals surface area (Å²) < 4.78 is 3.09. The average molecular weight is 439 g/mol. The summed E-state index contributed by atoms with van der Waals surface area (Å²) in [4.78, 5) is 14.5. The molecule has 5 nitrogen and oxygen atoms in total. The van der Waals surface area contributed by atoms with Crippen molar-refractivity contribution in [3.8, 4) is 5.69 Å². The van der Waals surface area contributed by atoms with Gasteiger partial charge < -0.3 is 9.47 Å². The van der Waals surface area contributed by atoms with Crippen LogP contribution in [0.15, 0.2) is 64.2 Å². The van der Waals surface area contributed by atoms with Crippen molar-refractivity contribution in [2.24, 2.45) is 5.10 Å². The van der Waals surface area contributed by atoms with Gasteiger partial charge in [0.25, 0.3) is 5.91 Å². The molecule has 0 spiro atoms. The number of carbonyl (C=O) groups excluding carboxylic acids is 1. The number of benzene rings is 2. The average Bonchev–Trinajstić information content (AvgIpc) is 3.00. The maximum absolute atomic E-state index is 12.5. The first-order valence-electron chi connectivity index (χ1n) is 8.92. The maximum Gasteiger partial charge on any atom is 0.271 e. The molecule has 0 bridgehead atoms. The van der Waals surface area contributed by atoms with Gasteiger partial charge in [0.15, 0.2) is 0 Å².